The first-order valence-electron chi connectivity index (χ1n) is 18.6. The smallest absolute Gasteiger partial charge is 0.331 e. The summed E-state index contributed by atoms with van der Waals surface area (Å²) in [5.41, 5.74) is 4.90. The summed E-state index contributed by atoms with van der Waals surface area (Å²) >= 11 is 6.39. The number of esters is 1. The summed E-state index contributed by atoms with van der Waals surface area (Å²) in [7, 11) is 1.63. The zero-order valence-electron chi connectivity index (χ0n) is 30.1. The minimum atomic E-state index is -0.905. The molecule has 0 radical (unpaired) electrons. The SMILES string of the molecule is COCCOCCOC(=O)C1(Nc2cccc(Cl)c2)CCC2(CC1)c1cc3c(cc1C[C@@H]2C[C@@H](C)COc1ccnc2c1[C@H](C)CCC2)OCO3. The third-order valence-electron chi connectivity index (χ3n) is 11.7. The molecule has 2 aromatic carbocycles. The van der Waals surface area contributed by atoms with Crippen molar-refractivity contribution >= 4 is 23.3 Å². The Morgan fingerprint density at radius 3 is 2.67 bits per heavy atom. The first-order chi connectivity index (χ1) is 24.8. The van der Waals surface area contributed by atoms with Gasteiger partial charge in [-0.05, 0) is 128 Å². The van der Waals surface area contributed by atoms with Crippen molar-refractivity contribution in [3.05, 3.63) is 76.1 Å². The van der Waals surface area contributed by atoms with Gasteiger partial charge in [-0.3, -0.25) is 4.98 Å². The monoisotopic (exact) mass is 718 g/mol. The molecule has 1 fully saturated rings. The highest BCUT2D eigenvalue weighted by Crippen LogP contribution is 2.58. The van der Waals surface area contributed by atoms with Crippen LogP contribution in [0.4, 0.5) is 5.69 Å². The molecule has 7 rings (SSSR count). The highest BCUT2D eigenvalue weighted by Gasteiger charge is 2.55. The highest BCUT2D eigenvalue weighted by atomic mass is 35.5. The molecule has 0 amide bonds. The van der Waals surface area contributed by atoms with Crippen molar-refractivity contribution in [2.45, 2.75) is 88.5 Å². The van der Waals surface area contributed by atoms with Crippen LogP contribution in [-0.2, 0) is 37.3 Å². The van der Waals surface area contributed by atoms with E-state index in [4.69, 9.17) is 40.0 Å². The summed E-state index contributed by atoms with van der Waals surface area (Å²) in [6, 6.07) is 14.0. The quantitative estimate of drug-likeness (QED) is 0.131. The predicted molar refractivity (Wildman–Crippen MR) is 196 cm³/mol. The number of anilines is 1. The Morgan fingerprint density at radius 1 is 1.06 bits per heavy atom. The predicted octanol–water partition coefficient (Wildman–Crippen LogP) is 8.05. The number of nitrogens with zero attached hydrogens (tertiary/aromatic N) is 1. The van der Waals surface area contributed by atoms with E-state index in [1.807, 2.05) is 36.5 Å². The number of halogens is 1. The Hall–Kier alpha value is -3.53. The number of pyridine rings is 1. The first-order valence-corrected chi connectivity index (χ1v) is 19.0. The lowest BCUT2D eigenvalue weighted by Gasteiger charge is -2.48. The molecule has 1 N–H and O–H groups in total. The van der Waals surface area contributed by atoms with Gasteiger partial charge in [0, 0.05) is 35.3 Å². The van der Waals surface area contributed by atoms with E-state index in [1.54, 1.807) is 7.11 Å². The van der Waals surface area contributed by atoms with E-state index in [-0.39, 0.29) is 24.8 Å². The van der Waals surface area contributed by atoms with Crippen LogP contribution in [0.3, 0.4) is 0 Å². The van der Waals surface area contributed by atoms with E-state index >= 15 is 0 Å². The van der Waals surface area contributed by atoms with Crippen molar-refractivity contribution in [2.75, 3.05) is 52.3 Å². The molecule has 10 heteroatoms. The van der Waals surface area contributed by atoms with Crippen LogP contribution in [0.2, 0.25) is 5.02 Å². The van der Waals surface area contributed by atoms with Gasteiger partial charge in [-0.2, -0.15) is 0 Å². The number of rotatable bonds is 14. The number of hydrogen-bond donors (Lipinski definition) is 1. The van der Waals surface area contributed by atoms with Gasteiger partial charge in [-0.25, -0.2) is 4.79 Å². The van der Waals surface area contributed by atoms with Gasteiger partial charge in [0.15, 0.2) is 11.5 Å². The number of benzene rings is 2. The molecule has 3 atom stereocenters. The van der Waals surface area contributed by atoms with Gasteiger partial charge in [0.25, 0.3) is 0 Å². The second kappa shape index (κ2) is 15.6. The molecule has 0 unspecified atom stereocenters. The normalized spacial score (nSPS) is 25.3. The summed E-state index contributed by atoms with van der Waals surface area (Å²) < 4.78 is 34.9. The third kappa shape index (κ3) is 7.53. The molecule has 2 heterocycles. The molecule has 0 bridgehead atoms. The second-order valence-electron chi connectivity index (χ2n) is 15.0. The largest absolute Gasteiger partial charge is 0.493 e. The van der Waals surface area contributed by atoms with Crippen LogP contribution in [0.5, 0.6) is 17.2 Å². The molecule has 1 aliphatic heterocycles. The average Bonchev–Trinajstić information content (AvgIpc) is 3.70. The third-order valence-corrected chi connectivity index (χ3v) is 11.9. The molecule has 3 aromatic rings. The lowest BCUT2D eigenvalue weighted by molar-refractivity contribution is -0.152. The minimum absolute atomic E-state index is 0.127. The van der Waals surface area contributed by atoms with E-state index in [0.717, 1.165) is 55.0 Å². The van der Waals surface area contributed by atoms with Crippen molar-refractivity contribution in [3.63, 3.8) is 0 Å². The van der Waals surface area contributed by atoms with Crippen molar-refractivity contribution < 1.29 is 33.2 Å². The van der Waals surface area contributed by atoms with Crippen molar-refractivity contribution in [1.29, 1.82) is 0 Å². The van der Waals surface area contributed by atoms with Gasteiger partial charge in [0.2, 0.25) is 6.79 Å². The molecular weight excluding hydrogens is 668 g/mol. The topological polar surface area (TPSA) is 97.4 Å². The molecule has 0 saturated heterocycles. The van der Waals surface area contributed by atoms with E-state index in [2.05, 4.69) is 36.3 Å². The summed E-state index contributed by atoms with van der Waals surface area (Å²) in [5, 5.41) is 4.21. The Balaban J connectivity index is 1.11. The fraction of sp³-hybridized carbons (Fsp3) is 0.561. The van der Waals surface area contributed by atoms with Crippen molar-refractivity contribution in [2.24, 2.45) is 11.8 Å². The average molecular weight is 719 g/mol. The van der Waals surface area contributed by atoms with E-state index < -0.39 is 5.54 Å². The second-order valence-corrected chi connectivity index (χ2v) is 15.4. The molecule has 1 aromatic heterocycles. The standard InChI is InChI=1S/C41H51ClN2O7/c1-27(25-49-35-10-15-43-34-9-4-6-28(2)38(34)35)20-30-21-29-22-36-37(51-26-50-36)24-33(29)40(30)11-13-41(14-12-40,44-32-8-5-7-31(42)23-32)39(45)48-19-18-47-17-16-46-3/h5,7-8,10,15,22-24,27-28,30,44H,4,6,9,11-14,16-21,25-26H2,1-3H3/t27-,28-,30+,40?,41?/m1/s1. The number of ether oxygens (including phenoxy) is 6. The maximum Gasteiger partial charge on any atom is 0.331 e. The summed E-state index contributed by atoms with van der Waals surface area (Å²) in [6.07, 6.45) is 10.1. The molecule has 9 nitrogen and oxygen atoms in total. The maximum atomic E-state index is 14.0. The van der Waals surface area contributed by atoms with Crippen LogP contribution in [0.15, 0.2) is 48.7 Å². The van der Waals surface area contributed by atoms with Crippen molar-refractivity contribution in [3.8, 4) is 17.2 Å². The number of fused-ring (bicyclic) bond motifs is 4. The summed E-state index contributed by atoms with van der Waals surface area (Å²) in [5.74, 6) is 3.52. The number of carbonyl (C=O) groups excluding carboxylic acids is 1. The van der Waals surface area contributed by atoms with Crippen LogP contribution >= 0.6 is 11.6 Å². The zero-order chi connectivity index (χ0) is 35.4. The first kappa shape index (κ1) is 35.9. The number of methoxy groups -OCH3 is 1. The molecule has 1 saturated carbocycles. The van der Waals surface area contributed by atoms with Gasteiger partial charge in [0.1, 0.15) is 17.9 Å². The molecule has 3 aliphatic carbocycles. The van der Waals surface area contributed by atoms with E-state index in [9.17, 15) is 4.79 Å². The van der Waals surface area contributed by atoms with Gasteiger partial charge in [0.05, 0.1) is 26.4 Å². The maximum absolute atomic E-state index is 14.0. The van der Waals surface area contributed by atoms with E-state index in [1.165, 1.54) is 35.2 Å². The number of aromatic nitrogens is 1. The van der Waals surface area contributed by atoms with Crippen molar-refractivity contribution in [1.82, 2.24) is 4.98 Å². The van der Waals surface area contributed by atoms with Crippen LogP contribution in [0, 0.1) is 11.8 Å². The van der Waals surface area contributed by atoms with Crippen LogP contribution in [0.1, 0.15) is 87.1 Å². The fourth-order valence-corrected chi connectivity index (χ4v) is 9.25. The van der Waals surface area contributed by atoms with Gasteiger partial charge in [-0.15, -0.1) is 0 Å². The Labute approximate surface area is 306 Å². The number of hydrogen-bond acceptors (Lipinski definition) is 9. The number of nitrogens with one attached hydrogen (secondary N) is 1. The Morgan fingerprint density at radius 2 is 1.86 bits per heavy atom. The van der Waals surface area contributed by atoms with Gasteiger partial charge < -0.3 is 33.7 Å². The molecule has 274 valence electrons. The van der Waals surface area contributed by atoms with Gasteiger partial charge in [-0.1, -0.05) is 31.5 Å². The van der Waals surface area contributed by atoms with E-state index in [0.29, 0.717) is 62.0 Å². The molecule has 4 aliphatic rings. The minimum Gasteiger partial charge on any atom is -0.493 e. The van der Waals surface area contributed by atoms with Crippen LogP contribution in [-0.4, -0.2) is 63.4 Å². The number of carbonyl (C=O) groups is 1. The highest BCUT2D eigenvalue weighted by molar-refractivity contribution is 6.30. The molecular formula is C41H51ClN2O7. The zero-order valence-corrected chi connectivity index (χ0v) is 30.9. The fourth-order valence-electron chi connectivity index (χ4n) is 9.06. The summed E-state index contributed by atoms with van der Waals surface area (Å²) in [6.45, 7) is 6.93. The Kier molecular flexibility index (Phi) is 11.0. The summed E-state index contributed by atoms with van der Waals surface area (Å²) in [4.78, 5) is 18.7. The lowest BCUT2D eigenvalue weighted by Crippen LogP contribution is -2.54. The van der Waals surface area contributed by atoms with Crippen LogP contribution < -0.4 is 19.5 Å². The number of aryl methyl sites for hydroxylation is 1. The van der Waals surface area contributed by atoms with Crippen LogP contribution in [0.25, 0.3) is 0 Å². The van der Waals surface area contributed by atoms with Gasteiger partial charge >= 0.3 is 5.97 Å². The lowest BCUT2D eigenvalue weighted by atomic mass is 9.59. The molecule has 51 heavy (non-hydrogen) atoms. The molecule has 1 spiro atoms. The Bertz CT molecular complexity index is 1690.